The summed E-state index contributed by atoms with van der Waals surface area (Å²) >= 11 is 0. The van der Waals surface area contributed by atoms with Gasteiger partial charge in [-0.15, -0.1) is 0 Å². The number of nitrogens with zero attached hydrogens (tertiary/aromatic N) is 3. The van der Waals surface area contributed by atoms with Crippen molar-refractivity contribution < 1.29 is 0 Å². The van der Waals surface area contributed by atoms with E-state index in [0.29, 0.717) is 0 Å². The van der Waals surface area contributed by atoms with Crippen molar-refractivity contribution >= 4 is 21.7 Å². The molecule has 0 aliphatic heterocycles. The number of hydrogen-bond donors (Lipinski definition) is 0. The van der Waals surface area contributed by atoms with Crippen LogP contribution in [0.4, 0.5) is 0 Å². The maximum Gasteiger partial charge on any atom is 0.116 e. The molecule has 0 saturated heterocycles. The van der Waals surface area contributed by atoms with Gasteiger partial charge in [-0.1, -0.05) is 42.5 Å². The molecule has 3 nitrogen and oxygen atoms in total. The summed E-state index contributed by atoms with van der Waals surface area (Å²) in [7, 11) is 0. The third-order valence-corrected chi connectivity index (χ3v) is 3.45. The Labute approximate surface area is 116 Å². The monoisotopic (exact) mass is 257 g/mol. The fourth-order valence-corrected chi connectivity index (χ4v) is 2.47. The number of benzene rings is 2. The second-order valence-corrected chi connectivity index (χ2v) is 4.68. The lowest BCUT2D eigenvalue weighted by atomic mass is 10.0. The Morgan fingerprint density at radius 3 is 2.65 bits per heavy atom. The van der Waals surface area contributed by atoms with Crippen LogP contribution in [-0.2, 0) is 0 Å². The van der Waals surface area contributed by atoms with Crippen LogP contribution in [0.15, 0.2) is 67.3 Å². The van der Waals surface area contributed by atoms with Gasteiger partial charge >= 0.3 is 0 Å². The van der Waals surface area contributed by atoms with Crippen molar-refractivity contribution in [3.05, 3.63) is 67.3 Å². The van der Waals surface area contributed by atoms with Crippen LogP contribution in [0.3, 0.4) is 0 Å². The van der Waals surface area contributed by atoms with Gasteiger partial charge in [0.05, 0.1) is 11.2 Å². The first-order chi connectivity index (χ1) is 9.92. The van der Waals surface area contributed by atoms with Gasteiger partial charge in [0.1, 0.15) is 6.33 Å². The summed E-state index contributed by atoms with van der Waals surface area (Å²) in [6.07, 6.45) is 5.17. The van der Waals surface area contributed by atoms with Crippen molar-refractivity contribution in [1.82, 2.24) is 15.0 Å². The highest BCUT2D eigenvalue weighted by Gasteiger charge is 2.06. The largest absolute Gasteiger partial charge is 0.255 e. The van der Waals surface area contributed by atoms with Gasteiger partial charge < -0.3 is 0 Å². The molecule has 0 unspecified atom stereocenters. The van der Waals surface area contributed by atoms with Gasteiger partial charge in [-0.05, 0) is 16.8 Å². The summed E-state index contributed by atoms with van der Waals surface area (Å²) < 4.78 is 0. The molecule has 0 aliphatic rings. The maximum atomic E-state index is 4.55. The lowest BCUT2D eigenvalue weighted by molar-refractivity contribution is 1.21. The van der Waals surface area contributed by atoms with Crippen molar-refractivity contribution in [2.24, 2.45) is 0 Å². The molecule has 0 amide bonds. The molecule has 94 valence electrons. The third kappa shape index (κ3) is 1.72. The molecule has 2 heterocycles. The minimum atomic E-state index is 0.915. The molecule has 0 bridgehead atoms. The number of rotatable bonds is 1. The summed E-state index contributed by atoms with van der Waals surface area (Å²) in [5.41, 5.74) is 2.98. The van der Waals surface area contributed by atoms with Gasteiger partial charge in [-0.3, -0.25) is 4.98 Å². The highest BCUT2D eigenvalue weighted by molar-refractivity contribution is 5.97. The molecule has 3 heteroatoms. The molecule has 20 heavy (non-hydrogen) atoms. The van der Waals surface area contributed by atoms with Gasteiger partial charge in [0, 0.05) is 23.3 Å². The Morgan fingerprint density at radius 2 is 1.65 bits per heavy atom. The molecule has 2 aromatic carbocycles. The molecule has 0 spiro atoms. The Bertz CT molecular complexity index is 910. The van der Waals surface area contributed by atoms with E-state index < -0.39 is 0 Å². The Hall–Kier alpha value is -2.81. The smallest absolute Gasteiger partial charge is 0.116 e. The van der Waals surface area contributed by atoms with Crippen LogP contribution < -0.4 is 0 Å². The van der Waals surface area contributed by atoms with E-state index in [1.165, 1.54) is 10.8 Å². The SMILES string of the molecule is c1ccc2c(-c3cc4ncncc4cn3)cccc2c1. The molecular weight excluding hydrogens is 246 g/mol. The van der Waals surface area contributed by atoms with E-state index in [2.05, 4.69) is 51.4 Å². The quantitative estimate of drug-likeness (QED) is 0.520. The Morgan fingerprint density at radius 1 is 0.750 bits per heavy atom. The zero-order valence-corrected chi connectivity index (χ0v) is 10.7. The Balaban J connectivity index is 2.01. The maximum absolute atomic E-state index is 4.55. The summed E-state index contributed by atoms with van der Waals surface area (Å²) in [5.74, 6) is 0. The van der Waals surface area contributed by atoms with Gasteiger partial charge in [0.2, 0.25) is 0 Å². The predicted molar refractivity (Wildman–Crippen MR) is 80.3 cm³/mol. The van der Waals surface area contributed by atoms with Crippen LogP contribution in [0.2, 0.25) is 0 Å². The number of pyridine rings is 1. The molecule has 0 atom stereocenters. The number of aromatic nitrogens is 3. The fourth-order valence-electron chi connectivity index (χ4n) is 2.47. The van der Waals surface area contributed by atoms with Crippen LogP contribution in [0.1, 0.15) is 0 Å². The highest BCUT2D eigenvalue weighted by Crippen LogP contribution is 2.28. The fraction of sp³-hybridized carbons (Fsp3) is 0. The second kappa shape index (κ2) is 4.38. The second-order valence-electron chi connectivity index (χ2n) is 4.68. The van der Waals surface area contributed by atoms with Crippen molar-refractivity contribution in [3.63, 3.8) is 0 Å². The van der Waals surface area contributed by atoms with E-state index in [1.807, 2.05) is 18.3 Å². The van der Waals surface area contributed by atoms with E-state index >= 15 is 0 Å². The zero-order valence-electron chi connectivity index (χ0n) is 10.7. The summed E-state index contributed by atoms with van der Waals surface area (Å²) in [5, 5.41) is 3.38. The normalized spacial score (nSPS) is 11.0. The first kappa shape index (κ1) is 11.1. The highest BCUT2D eigenvalue weighted by atomic mass is 14.8. The third-order valence-electron chi connectivity index (χ3n) is 3.45. The molecule has 2 aromatic heterocycles. The molecule has 4 rings (SSSR count). The van der Waals surface area contributed by atoms with Gasteiger partial charge in [-0.2, -0.15) is 0 Å². The average molecular weight is 257 g/mol. The van der Waals surface area contributed by atoms with Crippen LogP contribution in [0.5, 0.6) is 0 Å². The minimum absolute atomic E-state index is 0.915. The van der Waals surface area contributed by atoms with E-state index in [9.17, 15) is 0 Å². The lowest BCUT2D eigenvalue weighted by Gasteiger charge is -2.06. The molecular formula is C17H11N3. The van der Waals surface area contributed by atoms with Crippen LogP contribution >= 0.6 is 0 Å². The summed E-state index contributed by atoms with van der Waals surface area (Å²) in [4.78, 5) is 12.9. The Kier molecular flexibility index (Phi) is 2.42. The van der Waals surface area contributed by atoms with Crippen LogP contribution in [0.25, 0.3) is 32.9 Å². The van der Waals surface area contributed by atoms with Crippen LogP contribution in [-0.4, -0.2) is 15.0 Å². The molecule has 0 saturated carbocycles. The van der Waals surface area contributed by atoms with Gasteiger partial charge in [0.15, 0.2) is 0 Å². The van der Waals surface area contributed by atoms with Gasteiger partial charge in [0.25, 0.3) is 0 Å². The summed E-state index contributed by atoms with van der Waals surface area (Å²) in [6, 6.07) is 16.6. The first-order valence-corrected chi connectivity index (χ1v) is 6.46. The first-order valence-electron chi connectivity index (χ1n) is 6.46. The number of fused-ring (bicyclic) bond motifs is 2. The predicted octanol–water partition coefficient (Wildman–Crippen LogP) is 3.85. The topological polar surface area (TPSA) is 38.7 Å². The van der Waals surface area contributed by atoms with Crippen molar-refractivity contribution in [2.45, 2.75) is 0 Å². The summed E-state index contributed by atoms with van der Waals surface area (Å²) in [6.45, 7) is 0. The molecule has 4 aromatic rings. The van der Waals surface area contributed by atoms with Crippen molar-refractivity contribution in [2.75, 3.05) is 0 Å². The van der Waals surface area contributed by atoms with Crippen molar-refractivity contribution in [1.29, 1.82) is 0 Å². The van der Waals surface area contributed by atoms with Gasteiger partial charge in [-0.25, -0.2) is 9.97 Å². The molecule has 0 N–H and O–H groups in total. The van der Waals surface area contributed by atoms with Crippen LogP contribution in [0, 0.1) is 0 Å². The lowest BCUT2D eigenvalue weighted by Crippen LogP contribution is -1.88. The average Bonchev–Trinajstić information content (AvgIpc) is 2.54. The van der Waals surface area contributed by atoms with Crippen molar-refractivity contribution in [3.8, 4) is 11.3 Å². The minimum Gasteiger partial charge on any atom is -0.255 e. The van der Waals surface area contributed by atoms with E-state index in [0.717, 1.165) is 22.2 Å². The molecule has 0 radical (unpaired) electrons. The number of hydrogen-bond acceptors (Lipinski definition) is 3. The standard InChI is InChI=1S/C17H11N3/c1-2-6-14-12(4-1)5-3-7-15(14)17-8-16-13(10-19-17)9-18-11-20-16/h1-11H. The van der Waals surface area contributed by atoms with E-state index in [-0.39, 0.29) is 0 Å². The zero-order chi connectivity index (χ0) is 13.4. The molecule has 0 fully saturated rings. The van der Waals surface area contributed by atoms with E-state index in [4.69, 9.17) is 0 Å². The van der Waals surface area contributed by atoms with E-state index in [1.54, 1.807) is 12.5 Å². The molecule has 0 aliphatic carbocycles.